The average Bonchev–Trinajstić information content (AvgIpc) is 3.47. The van der Waals surface area contributed by atoms with E-state index in [1.807, 2.05) is 39.1 Å². The number of rotatable bonds is 7. The van der Waals surface area contributed by atoms with Gasteiger partial charge in [-0.1, -0.05) is 17.7 Å². The van der Waals surface area contributed by atoms with Crippen LogP contribution >= 0.6 is 22.9 Å². The van der Waals surface area contributed by atoms with Crippen LogP contribution in [0.2, 0.25) is 5.02 Å². The number of nitrogens with zero attached hydrogens (tertiary/aromatic N) is 5. The summed E-state index contributed by atoms with van der Waals surface area (Å²) in [7, 11) is 0. The number of nitrogens with one attached hydrogen (secondary N) is 1. The van der Waals surface area contributed by atoms with Gasteiger partial charge in [-0.05, 0) is 92.6 Å². The third-order valence-electron chi connectivity index (χ3n) is 11.5. The van der Waals surface area contributed by atoms with E-state index >= 15 is 0 Å². The number of nitrogens with two attached hydrogens (primary N) is 1. The average molecular weight is 682 g/mol. The minimum Gasteiger partial charge on any atom is -0.397 e. The van der Waals surface area contributed by atoms with Gasteiger partial charge in [-0.15, -0.1) is 11.3 Å². The van der Waals surface area contributed by atoms with E-state index in [0.29, 0.717) is 55.9 Å². The van der Waals surface area contributed by atoms with E-state index in [-0.39, 0.29) is 30.3 Å². The summed E-state index contributed by atoms with van der Waals surface area (Å²) in [6, 6.07) is 4.48. The Hall–Kier alpha value is -2.86. The third-order valence-corrected chi connectivity index (χ3v) is 12.6. The molecule has 0 aliphatic carbocycles. The van der Waals surface area contributed by atoms with Crippen LogP contribution in [0.3, 0.4) is 0 Å². The van der Waals surface area contributed by atoms with Crippen LogP contribution in [0.25, 0.3) is 0 Å². The minimum absolute atomic E-state index is 0.00756. The van der Waals surface area contributed by atoms with Crippen LogP contribution in [-0.2, 0) is 22.4 Å². The number of urea groups is 1. The van der Waals surface area contributed by atoms with E-state index in [1.165, 1.54) is 31.5 Å². The topological polar surface area (TPSA) is 105 Å². The number of thiophene rings is 1. The first kappa shape index (κ1) is 32.7. The van der Waals surface area contributed by atoms with Crippen molar-refractivity contribution in [3.05, 3.63) is 44.6 Å². The quantitative estimate of drug-likeness (QED) is 0.426. The number of halogens is 1. The Bertz CT molecular complexity index is 1450. The second-order valence-corrected chi connectivity index (χ2v) is 15.4. The zero-order chi connectivity index (χ0) is 32.7. The Kier molecular flexibility index (Phi) is 9.69. The second-order valence-electron chi connectivity index (χ2n) is 14.3. The van der Waals surface area contributed by atoms with Crippen LogP contribution in [0.1, 0.15) is 48.8 Å². The SMILES string of the molecule is Cc1cc(C[C@@H](CC(=O)N2CCC(N3CCc4cscc4NC3=O)CC2)C(=O)N2CCN(C3CN4CCC3CC4)CC2)cc(Cl)c1N. The Labute approximate surface area is 287 Å². The van der Waals surface area contributed by atoms with E-state index in [9.17, 15) is 14.4 Å². The number of carbonyl (C=O) groups is 3. The van der Waals surface area contributed by atoms with E-state index < -0.39 is 5.92 Å². The van der Waals surface area contributed by atoms with Crippen LogP contribution < -0.4 is 11.1 Å². The highest BCUT2D eigenvalue weighted by molar-refractivity contribution is 7.08. The molecule has 1 aromatic heterocycles. The van der Waals surface area contributed by atoms with Crippen molar-refractivity contribution in [3.8, 4) is 0 Å². The maximum absolute atomic E-state index is 14.2. The molecule has 0 radical (unpaired) electrons. The number of likely N-dealkylation sites (tertiary alicyclic amines) is 1. The molecule has 0 spiro atoms. The van der Waals surface area contributed by atoms with Crippen molar-refractivity contribution in [2.45, 2.75) is 64.0 Å². The van der Waals surface area contributed by atoms with Crippen LogP contribution in [0.5, 0.6) is 0 Å². The van der Waals surface area contributed by atoms with E-state index in [2.05, 4.69) is 20.5 Å². The van der Waals surface area contributed by atoms with Crippen molar-refractivity contribution in [2.24, 2.45) is 11.8 Å². The normalized spacial score (nSPS) is 26.1. The monoisotopic (exact) mass is 681 g/mol. The lowest BCUT2D eigenvalue weighted by molar-refractivity contribution is -0.143. The van der Waals surface area contributed by atoms with Crippen LogP contribution in [0.4, 0.5) is 16.2 Å². The number of hydrogen-bond acceptors (Lipinski definition) is 7. The molecule has 5 fully saturated rings. The van der Waals surface area contributed by atoms with Crippen molar-refractivity contribution in [2.75, 3.05) is 76.5 Å². The van der Waals surface area contributed by atoms with Crippen molar-refractivity contribution >= 4 is 52.2 Å². The molecule has 6 aliphatic rings. The Morgan fingerprint density at radius 1 is 0.979 bits per heavy atom. The molecule has 3 N–H and O–H groups in total. The smallest absolute Gasteiger partial charge is 0.322 e. The summed E-state index contributed by atoms with van der Waals surface area (Å²) in [4.78, 5) is 52.1. The molecule has 2 atom stereocenters. The van der Waals surface area contributed by atoms with Gasteiger partial charge in [-0.2, -0.15) is 0 Å². The fourth-order valence-corrected chi connectivity index (χ4v) is 9.74. The summed E-state index contributed by atoms with van der Waals surface area (Å²) >= 11 is 8.07. The van der Waals surface area contributed by atoms with Crippen molar-refractivity contribution in [3.63, 3.8) is 0 Å². The molecule has 12 heteroatoms. The van der Waals surface area contributed by atoms with Gasteiger partial charge in [0.25, 0.3) is 0 Å². The summed E-state index contributed by atoms with van der Waals surface area (Å²) in [5, 5.41) is 7.65. The molecule has 1 aromatic carbocycles. The molecule has 254 valence electrons. The highest BCUT2D eigenvalue weighted by Gasteiger charge is 2.40. The van der Waals surface area contributed by atoms with Gasteiger partial charge in [0, 0.05) is 76.2 Å². The zero-order valence-electron chi connectivity index (χ0n) is 27.5. The predicted octanol–water partition coefficient (Wildman–Crippen LogP) is 4.16. The molecule has 5 saturated heterocycles. The summed E-state index contributed by atoms with van der Waals surface area (Å²) in [6.45, 7) is 10.6. The van der Waals surface area contributed by atoms with Gasteiger partial charge in [0.1, 0.15) is 0 Å². The zero-order valence-corrected chi connectivity index (χ0v) is 29.0. The Morgan fingerprint density at radius 2 is 1.72 bits per heavy atom. The molecule has 2 bridgehead atoms. The van der Waals surface area contributed by atoms with Crippen molar-refractivity contribution in [1.29, 1.82) is 0 Å². The number of carbonyl (C=O) groups excluding carboxylic acids is 3. The second kappa shape index (κ2) is 13.9. The van der Waals surface area contributed by atoms with Gasteiger partial charge in [0.15, 0.2) is 0 Å². The molecule has 0 saturated carbocycles. The predicted molar refractivity (Wildman–Crippen MR) is 187 cm³/mol. The molecule has 6 aliphatic heterocycles. The van der Waals surface area contributed by atoms with Crippen LogP contribution in [0.15, 0.2) is 22.9 Å². The van der Waals surface area contributed by atoms with Crippen LogP contribution in [0, 0.1) is 18.8 Å². The summed E-state index contributed by atoms with van der Waals surface area (Å²) in [6.07, 6.45) is 5.49. The lowest BCUT2D eigenvalue weighted by Crippen LogP contribution is -2.61. The molecular formula is C35H48ClN7O3S. The number of piperidine rings is 4. The van der Waals surface area contributed by atoms with Gasteiger partial charge in [0.2, 0.25) is 11.8 Å². The standard InChI is InChI=1S/C35H48ClN7O3S/c1-23-16-24(18-29(36)33(23)37)17-27(34(45)42-14-12-40(13-15-42)31-20-39-7-2-25(31)3-8-39)19-32(44)41-9-5-28(6-10-41)43-11-4-26-21-47-22-30(26)38-35(43)46/h16,18,21-22,25,27-28,31H,2-15,17,19-20,37H2,1H3,(H,38,46)/t27-,31?/m0/s1. The fourth-order valence-electron chi connectivity index (χ4n) is 8.63. The lowest BCUT2D eigenvalue weighted by atomic mass is 9.83. The molecule has 1 unspecified atom stereocenters. The van der Waals surface area contributed by atoms with Gasteiger partial charge in [-0.3, -0.25) is 14.5 Å². The molecule has 8 rings (SSSR count). The highest BCUT2D eigenvalue weighted by Crippen LogP contribution is 2.33. The first-order valence-corrected chi connectivity index (χ1v) is 18.8. The number of benzene rings is 1. The summed E-state index contributed by atoms with van der Waals surface area (Å²) in [5.41, 5.74) is 10.6. The minimum atomic E-state index is -0.474. The van der Waals surface area contributed by atoms with Crippen molar-refractivity contribution in [1.82, 2.24) is 24.5 Å². The summed E-state index contributed by atoms with van der Waals surface area (Å²) < 4.78 is 0. The van der Waals surface area contributed by atoms with E-state index in [0.717, 1.165) is 61.6 Å². The largest absolute Gasteiger partial charge is 0.397 e. The number of nitrogen functional groups attached to an aromatic ring is 1. The summed E-state index contributed by atoms with van der Waals surface area (Å²) in [5.74, 6) is 0.365. The number of aryl methyl sites for hydroxylation is 1. The first-order valence-electron chi connectivity index (χ1n) is 17.4. The maximum atomic E-state index is 14.2. The number of anilines is 2. The first-order chi connectivity index (χ1) is 22.7. The van der Waals surface area contributed by atoms with Gasteiger partial charge < -0.3 is 30.7 Å². The van der Waals surface area contributed by atoms with Crippen molar-refractivity contribution < 1.29 is 14.4 Å². The van der Waals surface area contributed by atoms with Gasteiger partial charge in [0.05, 0.1) is 22.3 Å². The Morgan fingerprint density at radius 3 is 2.40 bits per heavy atom. The number of amides is 4. The molecule has 4 amide bonds. The molecule has 10 nitrogen and oxygen atoms in total. The maximum Gasteiger partial charge on any atom is 0.322 e. The van der Waals surface area contributed by atoms with E-state index in [4.69, 9.17) is 17.3 Å². The van der Waals surface area contributed by atoms with Gasteiger partial charge in [-0.25, -0.2) is 4.79 Å². The molecular weight excluding hydrogens is 634 g/mol. The van der Waals surface area contributed by atoms with E-state index in [1.54, 1.807) is 11.3 Å². The molecule has 2 aromatic rings. The third kappa shape index (κ3) is 7.00. The van der Waals surface area contributed by atoms with Gasteiger partial charge >= 0.3 is 6.03 Å². The number of piperazine rings is 1. The Balaban J connectivity index is 0.986. The van der Waals surface area contributed by atoms with Crippen LogP contribution in [-0.4, -0.2) is 120 Å². The molecule has 7 heterocycles. The highest BCUT2D eigenvalue weighted by atomic mass is 35.5. The fraction of sp³-hybridized carbons (Fsp3) is 0.629. The lowest BCUT2D eigenvalue weighted by Gasteiger charge is -2.51. The number of hydrogen-bond donors (Lipinski definition) is 2. The number of fused-ring (bicyclic) bond motifs is 4. The molecule has 47 heavy (non-hydrogen) atoms.